The molecule has 2 atom stereocenters. The van der Waals surface area contributed by atoms with Crippen LogP contribution in [-0.4, -0.2) is 27.3 Å². The van der Waals surface area contributed by atoms with Gasteiger partial charge in [-0.2, -0.15) is 5.10 Å². The first-order valence-corrected chi connectivity index (χ1v) is 6.83. The van der Waals surface area contributed by atoms with Gasteiger partial charge in [-0.3, -0.25) is 9.89 Å². The molecular formula is C15H17N3O2. The maximum atomic E-state index is 12.1. The Hall–Kier alpha value is -2.14. The zero-order valence-electron chi connectivity index (χ0n) is 11.0. The Morgan fingerprint density at radius 3 is 2.65 bits per heavy atom. The van der Waals surface area contributed by atoms with Gasteiger partial charge in [-0.05, 0) is 43.0 Å². The summed E-state index contributed by atoms with van der Waals surface area (Å²) in [6.07, 6.45) is 3.60. The minimum atomic E-state index is -0.501. The van der Waals surface area contributed by atoms with E-state index in [2.05, 4.69) is 15.5 Å². The van der Waals surface area contributed by atoms with Crippen molar-refractivity contribution >= 4 is 11.6 Å². The standard InChI is InChI=1S/C15H17N3O2/c19-14-3-1-2-12(14)15(20)17-11-6-4-10(5-7-11)13-8-9-16-18-13/h4-9,12,14,19H,1-3H2,(H,16,18)(H,17,20). The molecule has 0 radical (unpaired) electrons. The second-order valence-electron chi connectivity index (χ2n) is 5.14. The first-order valence-electron chi connectivity index (χ1n) is 6.83. The van der Waals surface area contributed by atoms with Crippen molar-refractivity contribution in [3.05, 3.63) is 36.5 Å². The number of amides is 1. The maximum Gasteiger partial charge on any atom is 0.230 e. The molecule has 20 heavy (non-hydrogen) atoms. The quantitative estimate of drug-likeness (QED) is 0.800. The largest absolute Gasteiger partial charge is 0.392 e. The van der Waals surface area contributed by atoms with E-state index in [9.17, 15) is 9.90 Å². The smallest absolute Gasteiger partial charge is 0.230 e. The lowest BCUT2D eigenvalue weighted by molar-refractivity contribution is -0.122. The number of aromatic amines is 1. The van der Waals surface area contributed by atoms with Gasteiger partial charge in [-0.25, -0.2) is 0 Å². The molecular weight excluding hydrogens is 254 g/mol. The number of hydrogen-bond acceptors (Lipinski definition) is 3. The molecule has 104 valence electrons. The Morgan fingerprint density at radius 1 is 1.25 bits per heavy atom. The maximum absolute atomic E-state index is 12.1. The van der Waals surface area contributed by atoms with Crippen LogP contribution >= 0.6 is 0 Å². The lowest BCUT2D eigenvalue weighted by Gasteiger charge is -2.14. The third-order valence-electron chi connectivity index (χ3n) is 3.78. The number of nitrogens with zero attached hydrogens (tertiary/aromatic N) is 1. The summed E-state index contributed by atoms with van der Waals surface area (Å²) in [5.41, 5.74) is 2.70. The Bertz CT molecular complexity index is 578. The molecule has 1 aliphatic rings. The van der Waals surface area contributed by atoms with Gasteiger partial charge in [-0.1, -0.05) is 12.1 Å². The minimum absolute atomic E-state index is 0.0932. The van der Waals surface area contributed by atoms with E-state index in [0.29, 0.717) is 0 Å². The highest BCUT2D eigenvalue weighted by Crippen LogP contribution is 2.27. The Balaban J connectivity index is 1.68. The van der Waals surface area contributed by atoms with Crippen LogP contribution in [0.15, 0.2) is 36.5 Å². The number of nitrogens with one attached hydrogen (secondary N) is 2. The molecule has 5 nitrogen and oxygen atoms in total. The second-order valence-corrected chi connectivity index (χ2v) is 5.14. The lowest BCUT2D eigenvalue weighted by Crippen LogP contribution is -2.28. The van der Waals surface area contributed by atoms with Gasteiger partial charge in [0.15, 0.2) is 0 Å². The molecule has 5 heteroatoms. The van der Waals surface area contributed by atoms with Crippen LogP contribution < -0.4 is 5.32 Å². The van der Waals surface area contributed by atoms with E-state index in [1.165, 1.54) is 0 Å². The molecule has 1 fully saturated rings. The normalized spacial score (nSPS) is 21.9. The fourth-order valence-corrected chi connectivity index (χ4v) is 2.63. The number of aromatic nitrogens is 2. The lowest BCUT2D eigenvalue weighted by atomic mass is 10.0. The number of hydrogen-bond donors (Lipinski definition) is 3. The zero-order valence-corrected chi connectivity index (χ0v) is 11.0. The van der Waals surface area contributed by atoms with Crippen LogP contribution in [-0.2, 0) is 4.79 Å². The minimum Gasteiger partial charge on any atom is -0.392 e. The summed E-state index contributed by atoms with van der Waals surface area (Å²) in [6, 6.07) is 9.45. The van der Waals surface area contributed by atoms with E-state index in [1.54, 1.807) is 6.20 Å². The van der Waals surface area contributed by atoms with Gasteiger partial charge in [0.25, 0.3) is 0 Å². The first kappa shape index (κ1) is 12.9. The third kappa shape index (κ3) is 2.58. The number of aliphatic hydroxyl groups excluding tert-OH is 1. The van der Waals surface area contributed by atoms with Gasteiger partial charge >= 0.3 is 0 Å². The molecule has 1 aromatic heterocycles. The van der Waals surface area contributed by atoms with E-state index in [0.717, 1.165) is 36.2 Å². The average Bonchev–Trinajstić information content (AvgIpc) is 3.10. The van der Waals surface area contributed by atoms with Crippen LogP contribution in [0.2, 0.25) is 0 Å². The van der Waals surface area contributed by atoms with E-state index < -0.39 is 6.10 Å². The van der Waals surface area contributed by atoms with Crippen LogP contribution in [0.25, 0.3) is 11.3 Å². The van der Waals surface area contributed by atoms with Gasteiger partial charge in [-0.15, -0.1) is 0 Å². The molecule has 1 saturated carbocycles. The molecule has 1 amide bonds. The molecule has 1 aromatic carbocycles. The fourth-order valence-electron chi connectivity index (χ4n) is 2.63. The van der Waals surface area contributed by atoms with Crippen molar-refractivity contribution in [2.24, 2.45) is 5.92 Å². The summed E-state index contributed by atoms with van der Waals surface area (Å²) in [5.74, 6) is -0.369. The van der Waals surface area contributed by atoms with Crippen molar-refractivity contribution in [1.82, 2.24) is 10.2 Å². The number of anilines is 1. The molecule has 3 rings (SSSR count). The second kappa shape index (κ2) is 5.46. The Kier molecular flexibility index (Phi) is 3.52. The summed E-state index contributed by atoms with van der Waals surface area (Å²) in [4.78, 5) is 12.1. The van der Waals surface area contributed by atoms with Gasteiger partial charge in [0, 0.05) is 11.9 Å². The molecule has 1 aliphatic carbocycles. The van der Waals surface area contributed by atoms with Crippen molar-refractivity contribution in [2.75, 3.05) is 5.32 Å². The van der Waals surface area contributed by atoms with Crippen LogP contribution in [0, 0.1) is 5.92 Å². The van der Waals surface area contributed by atoms with Crippen molar-refractivity contribution < 1.29 is 9.90 Å². The number of aliphatic hydroxyl groups is 1. The van der Waals surface area contributed by atoms with E-state index >= 15 is 0 Å². The fraction of sp³-hybridized carbons (Fsp3) is 0.333. The summed E-state index contributed by atoms with van der Waals surface area (Å²) in [5, 5.41) is 19.4. The summed E-state index contributed by atoms with van der Waals surface area (Å²) in [6.45, 7) is 0. The first-order chi connectivity index (χ1) is 9.74. The Labute approximate surface area is 117 Å². The predicted molar refractivity (Wildman–Crippen MR) is 76.0 cm³/mol. The number of carbonyl (C=O) groups excluding carboxylic acids is 1. The van der Waals surface area contributed by atoms with Crippen LogP contribution in [0.4, 0.5) is 5.69 Å². The van der Waals surface area contributed by atoms with Gasteiger partial charge in [0.05, 0.1) is 17.7 Å². The van der Waals surface area contributed by atoms with Crippen molar-refractivity contribution in [3.63, 3.8) is 0 Å². The van der Waals surface area contributed by atoms with Crippen molar-refractivity contribution in [3.8, 4) is 11.3 Å². The van der Waals surface area contributed by atoms with Crippen LogP contribution in [0.1, 0.15) is 19.3 Å². The highest BCUT2D eigenvalue weighted by Gasteiger charge is 2.31. The number of H-pyrrole nitrogens is 1. The topological polar surface area (TPSA) is 78.0 Å². The number of benzene rings is 1. The van der Waals surface area contributed by atoms with E-state index in [-0.39, 0.29) is 11.8 Å². The monoisotopic (exact) mass is 271 g/mol. The third-order valence-corrected chi connectivity index (χ3v) is 3.78. The highest BCUT2D eigenvalue weighted by atomic mass is 16.3. The molecule has 0 bridgehead atoms. The molecule has 0 saturated heterocycles. The average molecular weight is 271 g/mol. The molecule has 2 aromatic rings. The molecule has 0 aliphatic heterocycles. The van der Waals surface area contributed by atoms with Crippen molar-refractivity contribution in [2.45, 2.75) is 25.4 Å². The highest BCUT2D eigenvalue weighted by molar-refractivity contribution is 5.93. The molecule has 1 heterocycles. The van der Waals surface area contributed by atoms with Crippen LogP contribution in [0.3, 0.4) is 0 Å². The molecule has 3 N–H and O–H groups in total. The summed E-state index contributed by atoms with van der Waals surface area (Å²) in [7, 11) is 0. The van der Waals surface area contributed by atoms with E-state index in [1.807, 2.05) is 30.3 Å². The number of rotatable bonds is 3. The van der Waals surface area contributed by atoms with Crippen molar-refractivity contribution in [1.29, 1.82) is 0 Å². The summed E-state index contributed by atoms with van der Waals surface area (Å²) >= 11 is 0. The zero-order chi connectivity index (χ0) is 13.9. The van der Waals surface area contributed by atoms with Gasteiger partial charge in [0.1, 0.15) is 0 Å². The number of carbonyl (C=O) groups is 1. The Morgan fingerprint density at radius 2 is 2.05 bits per heavy atom. The van der Waals surface area contributed by atoms with Crippen LogP contribution in [0.5, 0.6) is 0 Å². The SMILES string of the molecule is O=C(Nc1ccc(-c2ccn[nH]2)cc1)C1CCCC1O. The van der Waals surface area contributed by atoms with Gasteiger partial charge in [0.2, 0.25) is 5.91 Å². The van der Waals surface area contributed by atoms with E-state index in [4.69, 9.17) is 0 Å². The molecule has 0 spiro atoms. The van der Waals surface area contributed by atoms with Gasteiger partial charge < -0.3 is 10.4 Å². The summed E-state index contributed by atoms with van der Waals surface area (Å²) < 4.78 is 0. The predicted octanol–water partition coefficient (Wildman–Crippen LogP) is 2.18. The molecule has 2 unspecified atom stereocenters.